The molecule has 2 atom stereocenters. The number of terminal acetylenes is 1. The van der Waals surface area contributed by atoms with Gasteiger partial charge in [0.25, 0.3) is 0 Å². The lowest BCUT2D eigenvalue weighted by Gasteiger charge is -2.31. The molecule has 1 aromatic rings. The second-order valence-corrected chi connectivity index (χ2v) is 9.29. The maximum Gasteiger partial charge on any atom is 0.158 e. The first-order chi connectivity index (χ1) is 17.1. The first-order valence-corrected chi connectivity index (χ1v) is 13.2. The number of nitrogens with zero attached hydrogens (tertiary/aromatic N) is 3. The Bertz CT molecular complexity index is 791. The Labute approximate surface area is 212 Å². The van der Waals surface area contributed by atoms with Crippen molar-refractivity contribution in [2.24, 2.45) is 0 Å². The fraction of sp³-hybridized carbons (Fsp3) is 0.643. The topological polar surface area (TPSA) is 65.1 Å². The number of nitrogens with one attached hydrogen (secondary N) is 3. The van der Waals surface area contributed by atoms with Crippen LogP contribution in [0.5, 0.6) is 0 Å². The van der Waals surface area contributed by atoms with E-state index in [2.05, 4.69) is 56.3 Å². The zero-order valence-corrected chi connectivity index (χ0v) is 21.8. The van der Waals surface area contributed by atoms with Crippen LogP contribution in [0.15, 0.2) is 36.8 Å². The van der Waals surface area contributed by atoms with Crippen molar-refractivity contribution in [2.45, 2.75) is 103 Å². The Morgan fingerprint density at radius 2 is 1.86 bits per heavy atom. The molecule has 0 aromatic carbocycles. The van der Waals surface area contributed by atoms with Gasteiger partial charge in [-0.2, -0.15) is 0 Å². The zero-order chi connectivity index (χ0) is 25.3. The third-order valence-corrected chi connectivity index (χ3v) is 6.51. The van der Waals surface area contributed by atoms with E-state index in [1.54, 1.807) is 19.3 Å². The normalized spacial score (nSPS) is 21.0. The molecule has 2 heterocycles. The summed E-state index contributed by atoms with van der Waals surface area (Å²) in [6.45, 7) is 3.94. The van der Waals surface area contributed by atoms with Gasteiger partial charge in [-0.05, 0) is 53.0 Å². The second kappa shape index (κ2) is 17.1. The lowest BCUT2D eigenvalue weighted by atomic mass is 9.96. The summed E-state index contributed by atoms with van der Waals surface area (Å²) in [6, 6.07) is 1.37. The van der Waals surface area contributed by atoms with E-state index < -0.39 is 6.17 Å². The monoisotopic (exact) mass is 484 g/mol. The fourth-order valence-electron chi connectivity index (χ4n) is 4.78. The van der Waals surface area contributed by atoms with Gasteiger partial charge in [0.2, 0.25) is 0 Å². The van der Waals surface area contributed by atoms with Crippen LogP contribution in [0.4, 0.5) is 15.9 Å². The summed E-state index contributed by atoms with van der Waals surface area (Å²) in [5, 5.41) is 10.3. The molecule has 35 heavy (non-hydrogen) atoms. The van der Waals surface area contributed by atoms with Crippen molar-refractivity contribution in [3.63, 3.8) is 0 Å². The van der Waals surface area contributed by atoms with Crippen LogP contribution in [0.1, 0.15) is 78.1 Å². The van der Waals surface area contributed by atoms with Crippen molar-refractivity contribution in [3.05, 3.63) is 36.8 Å². The lowest BCUT2D eigenvalue weighted by molar-refractivity contribution is 0.394. The number of hydrogen-bond donors (Lipinski definition) is 3. The van der Waals surface area contributed by atoms with Crippen LogP contribution in [0.2, 0.25) is 0 Å². The third-order valence-electron chi connectivity index (χ3n) is 6.51. The highest BCUT2D eigenvalue weighted by molar-refractivity contribution is 5.71. The molecule has 4 rings (SSSR count). The highest BCUT2D eigenvalue weighted by Crippen LogP contribution is 2.36. The summed E-state index contributed by atoms with van der Waals surface area (Å²) >= 11 is 0. The first-order valence-electron chi connectivity index (χ1n) is 13.2. The Morgan fingerprint density at radius 3 is 2.49 bits per heavy atom. The van der Waals surface area contributed by atoms with Gasteiger partial charge in [-0.3, -0.25) is 5.32 Å². The molecule has 7 heteroatoms. The molecule has 0 radical (unpaired) electrons. The van der Waals surface area contributed by atoms with E-state index in [0.717, 1.165) is 30.5 Å². The zero-order valence-electron chi connectivity index (χ0n) is 21.8. The van der Waals surface area contributed by atoms with Gasteiger partial charge in [-0.15, -0.1) is 12.3 Å². The minimum absolute atomic E-state index is 0.0471. The molecule has 0 bridgehead atoms. The van der Waals surface area contributed by atoms with Gasteiger partial charge in [0, 0.05) is 18.6 Å². The number of anilines is 2. The van der Waals surface area contributed by atoms with Crippen molar-refractivity contribution in [1.29, 1.82) is 0 Å². The maximum atomic E-state index is 12.7. The van der Waals surface area contributed by atoms with Crippen LogP contribution >= 0.6 is 0 Å². The number of fused-ring (bicyclic) bond motifs is 1. The molecule has 194 valence electrons. The Balaban J connectivity index is 0.000000327. The van der Waals surface area contributed by atoms with Crippen LogP contribution in [0.3, 0.4) is 0 Å². The Morgan fingerprint density at radius 1 is 1.17 bits per heavy atom. The average molecular weight is 485 g/mol. The molecule has 3 aliphatic rings. The van der Waals surface area contributed by atoms with Gasteiger partial charge in [-0.25, -0.2) is 14.4 Å². The summed E-state index contributed by atoms with van der Waals surface area (Å²) in [5.74, 6) is 3.25. The minimum Gasteiger partial charge on any atom is -0.349 e. The van der Waals surface area contributed by atoms with Gasteiger partial charge < -0.3 is 15.5 Å². The average Bonchev–Trinajstić information content (AvgIpc) is 3.52. The quantitative estimate of drug-likeness (QED) is 0.332. The van der Waals surface area contributed by atoms with Gasteiger partial charge in [0.05, 0.1) is 11.9 Å². The predicted molar refractivity (Wildman–Crippen MR) is 146 cm³/mol. The molecular weight excluding hydrogens is 439 g/mol. The lowest BCUT2D eigenvalue weighted by Crippen LogP contribution is -2.51. The van der Waals surface area contributed by atoms with Crippen LogP contribution in [-0.4, -0.2) is 48.1 Å². The van der Waals surface area contributed by atoms with Gasteiger partial charge in [-0.1, -0.05) is 56.4 Å². The Hall–Kier alpha value is -2.43. The molecule has 1 aliphatic heterocycles. The number of alkyl halides is 1. The van der Waals surface area contributed by atoms with E-state index in [9.17, 15) is 4.39 Å². The molecule has 2 saturated carbocycles. The predicted octanol–water partition coefficient (Wildman–Crippen LogP) is 5.56. The van der Waals surface area contributed by atoms with Crippen LogP contribution in [0.25, 0.3) is 0 Å². The number of rotatable bonds is 8. The Kier molecular flexibility index (Phi) is 14.1. The molecule has 3 N–H and O–H groups in total. The van der Waals surface area contributed by atoms with Crippen molar-refractivity contribution < 1.29 is 4.39 Å². The molecule has 0 spiro atoms. The van der Waals surface area contributed by atoms with Gasteiger partial charge in [0.1, 0.15) is 12.5 Å². The summed E-state index contributed by atoms with van der Waals surface area (Å²) in [6.07, 6.45) is 27.7. The molecular formula is C28H45FN6. The van der Waals surface area contributed by atoms with E-state index in [4.69, 9.17) is 0 Å². The van der Waals surface area contributed by atoms with Gasteiger partial charge in [0.15, 0.2) is 12.1 Å². The van der Waals surface area contributed by atoms with Gasteiger partial charge >= 0.3 is 0 Å². The number of aromatic nitrogens is 2. The number of halogens is 1. The van der Waals surface area contributed by atoms with E-state index in [-0.39, 0.29) is 6.29 Å². The minimum atomic E-state index is -0.876. The molecule has 2 fully saturated rings. The highest BCUT2D eigenvalue weighted by atomic mass is 19.1. The van der Waals surface area contributed by atoms with Crippen molar-refractivity contribution in [3.8, 4) is 12.3 Å². The highest BCUT2D eigenvalue weighted by Gasteiger charge is 2.36. The van der Waals surface area contributed by atoms with Crippen LogP contribution < -0.4 is 20.9 Å². The molecule has 2 aliphatic carbocycles. The summed E-state index contributed by atoms with van der Waals surface area (Å²) in [4.78, 5) is 10.9. The van der Waals surface area contributed by atoms with E-state index in [1.165, 1.54) is 64.7 Å². The smallest absolute Gasteiger partial charge is 0.158 e. The maximum absolute atomic E-state index is 12.7. The summed E-state index contributed by atoms with van der Waals surface area (Å²) < 4.78 is 12.7. The first kappa shape index (κ1) is 28.8. The number of allylic oxidation sites excluding steroid dienone is 3. The molecule has 1 aromatic heterocycles. The molecule has 0 saturated heterocycles. The molecule has 0 amide bonds. The van der Waals surface area contributed by atoms with E-state index in [0.29, 0.717) is 6.04 Å². The molecule has 2 unspecified atom stereocenters. The van der Waals surface area contributed by atoms with Crippen LogP contribution in [0, 0.1) is 12.3 Å². The SMILES string of the molecule is C#CC.CC(F)/C=C\C/C=C\CNC1Nc2cncnc2N1C1CCCC1.CNC1CCCCC1. The summed E-state index contributed by atoms with van der Waals surface area (Å²) in [7, 11) is 2.07. The fourth-order valence-corrected chi connectivity index (χ4v) is 4.78. The standard InChI is InChI=1S/C18H26FN5.C7H15N.C3H4/c1-14(19)8-4-2-3-7-11-21-18-23-16-12-20-13-22-17(16)24(18)15-9-5-6-10-15;1-8-7-5-3-2-4-6-7;1-3-2/h3-4,7-8,12-15,18,21,23H,2,5-6,9-11H2,1H3;7-8H,2-6H2,1H3;1H,2H3/b7-3-,8-4-;;. The molecule has 6 nitrogen and oxygen atoms in total. The van der Waals surface area contributed by atoms with Crippen molar-refractivity contribution in [1.82, 2.24) is 20.6 Å². The second-order valence-electron chi connectivity index (χ2n) is 9.29. The summed E-state index contributed by atoms with van der Waals surface area (Å²) in [5.41, 5.74) is 0.991. The van der Waals surface area contributed by atoms with Crippen molar-refractivity contribution >= 4 is 11.5 Å². The third kappa shape index (κ3) is 10.4. The van der Waals surface area contributed by atoms with E-state index >= 15 is 0 Å². The largest absolute Gasteiger partial charge is 0.349 e. The van der Waals surface area contributed by atoms with Crippen LogP contribution in [-0.2, 0) is 0 Å². The van der Waals surface area contributed by atoms with Crippen molar-refractivity contribution in [2.75, 3.05) is 23.8 Å². The number of hydrogen-bond acceptors (Lipinski definition) is 6. The van der Waals surface area contributed by atoms with E-state index in [1.807, 2.05) is 18.3 Å².